The molecule has 0 aromatic heterocycles. The van der Waals surface area contributed by atoms with Crippen LogP contribution in [-0.4, -0.2) is 67.2 Å². The lowest BCUT2D eigenvalue weighted by Gasteiger charge is -2.56. The van der Waals surface area contributed by atoms with E-state index in [1.54, 1.807) is 39.0 Å². The van der Waals surface area contributed by atoms with E-state index in [1.807, 2.05) is 0 Å². The van der Waals surface area contributed by atoms with Gasteiger partial charge < -0.3 is 30.7 Å². The van der Waals surface area contributed by atoms with E-state index in [-0.39, 0.29) is 29.7 Å². The summed E-state index contributed by atoms with van der Waals surface area (Å²) in [5.74, 6) is -3.22. The summed E-state index contributed by atoms with van der Waals surface area (Å²) in [5, 5.41) is 24.4. The zero-order valence-electron chi connectivity index (χ0n) is 18.6. The standard InChI is InChI=1S/C22H32Cl2N2O6/c1-4-22(20(29)30)16(12-32-11-10-31-9-8-25)26-13(2)21(3,19(27)28)18(22)14-6-5-7-15(23)17(14)24/h5-7,13,16,18,26H,4,8-12,25H2,1-3H3,(H,27,28)(H,29,30). The lowest BCUT2D eigenvalue weighted by Crippen LogP contribution is -2.70. The highest BCUT2D eigenvalue weighted by Gasteiger charge is 2.65. The van der Waals surface area contributed by atoms with Crippen molar-refractivity contribution in [3.8, 4) is 0 Å². The van der Waals surface area contributed by atoms with E-state index in [1.165, 1.54) is 0 Å². The van der Waals surface area contributed by atoms with E-state index < -0.39 is 40.8 Å². The Bertz CT molecular complexity index is 826. The highest BCUT2D eigenvalue weighted by atomic mass is 35.5. The Kier molecular flexibility index (Phi) is 9.34. The van der Waals surface area contributed by atoms with Gasteiger partial charge in [0, 0.05) is 24.5 Å². The molecule has 1 aliphatic heterocycles. The first-order chi connectivity index (χ1) is 15.1. The molecule has 2 rings (SSSR count). The number of carboxylic acids is 2. The molecule has 0 saturated carbocycles. The number of hydrogen-bond acceptors (Lipinski definition) is 6. The Balaban J connectivity index is 2.57. The Hall–Kier alpha value is -1.42. The third kappa shape index (κ3) is 4.76. The first kappa shape index (κ1) is 26.8. The molecule has 180 valence electrons. The van der Waals surface area contributed by atoms with Crippen LogP contribution in [0.1, 0.15) is 38.7 Å². The molecule has 1 aromatic carbocycles. The fraction of sp³-hybridized carbons (Fsp3) is 0.636. The lowest BCUT2D eigenvalue weighted by molar-refractivity contribution is -0.174. The number of nitrogens with two attached hydrogens (primary N) is 1. The molecule has 1 saturated heterocycles. The van der Waals surface area contributed by atoms with Crippen LogP contribution in [0.3, 0.4) is 0 Å². The summed E-state index contributed by atoms with van der Waals surface area (Å²) in [6.45, 7) is 6.46. The van der Waals surface area contributed by atoms with Crippen LogP contribution >= 0.6 is 23.2 Å². The van der Waals surface area contributed by atoms with Gasteiger partial charge in [0.05, 0.1) is 47.3 Å². The minimum Gasteiger partial charge on any atom is -0.481 e. The first-order valence-electron chi connectivity index (χ1n) is 10.6. The predicted molar refractivity (Wildman–Crippen MR) is 122 cm³/mol. The maximum absolute atomic E-state index is 12.9. The molecule has 5 atom stereocenters. The highest BCUT2D eigenvalue weighted by molar-refractivity contribution is 6.42. The van der Waals surface area contributed by atoms with Crippen molar-refractivity contribution in [2.45, 2.75) is 45.2 Å². The molecule has 5 N–H and O–H groups in total. The number of nitrogens with one attached hydrogen (secondary N) is 1. The number of ether oxygens (including phenoxy) is 2. The van der Waals surface area contributed by atoms with Gasteiger partial charge in [-0.3, -0.25) is 9.59 Å². The Morgan fingerprint density at radius 1 is 1.16 bits per heavy atom. The molecule has 0 radical (unpaired) electrons. The molecule has 10 heteroatoms. The molecule has 32 heavy (non-hydrogen) atoms. The van der Waals surface area contributed by atoms with E-state index >= 15 is 0 Å². The topological polar surface area (TPSA) is 131 Å². The number of piperidine rings is 1. The average Bonchev–Trinajstić information content (AvgIpc) is 2.74. The maximum atomic E-state index is 12.9. The van der Waals surface area contributed by atoms with E-state index in [9.17, 15) is 19.8 Å². The molecule has 8 nitrogen and oxygen atoms in total. The van der Waals surface area contributed by atoms with Gasteiger partial charge in [0.15, 0.2) is 0 Å². The van der Waals surface area contributed by atoms with Crippen molar-refractivity contribution >= 4 is 35.1 Å². The maximum Gasteiger partial charge on any atom is 0.311 e. The van der Waals surface area contributed by atoms with Crippen LogP contribution in [0.4, 0.5) is 0 Å². The smallest absolute Gasteiger partial charge is 0.311 e. The largest absolute Gasteiger partial charge is 0.481 e. The van der Waals surface area contributed by atoms with Crippen molar-refractivity contribution in [2.75, 3.05) is 33.0 Å². The highest BCUT2D eigenvalue weighted by Crippen LogP contribution is 2.58. The summed E-state index contributed by atoms with van der Waals surface area (Å²) in [7, 11) is 0. The summed E-state index contributed by atoms with van der Waals surface area (Å²) in [4.78, 5) is 25.5. The van der Waals surface area contributed by atoms with Gasteiger partial charge in [-0.05, 0) is 31.9 Å². The van der Waals surface area contributed by atoms with E-state index in [2.05, 4.69) is 5.32 Å². The van der Waals surface area contributed by atoms with Crippen LogP contribution in [0.25, 0.3) is 0 Å². The van der Waals surface area contributed by atoms with Crippen molar-refractivity contribution in [1.82, 2.24) is 5.32 Å². The van der Waals surface area contributed by atoms with Gasteiger partial charge >= 0.3 is 11.9 Å². The minimum atomic E-state index is -1.52. The molecule has 5 unspecified atom stereocenters. The summed E-state index contributed by atoms with van der Waals surface area (Å²) >= 11 is 12.8. The van der Waals surface area contributed by atoms with Gasteiger partial charge in [-0.25, -0.2) is 0 Å². The second-order valence-electron chi connectivity index (χ2n) is 8.28. The molecule has 1 fully saturated rings. The number of aliphatic carboxylic acids is 2. The van der Waals surface area contributed by atoms with Crippen molar-refractivity contribution in [2.24, 2.45) is 16.6 Å². The number of carbonyl (C=O) groups is 2. The van der Waals surface area contributed by atoms with Gasteiger partial charge in [0.25, 0.3) is 0 Å². The van der Waals surface area contributed by atoms with Crippen molar-refractivity contribution < 1.29 is 29.3 Å². The van der Waals surface area contributed by atoms with Gasteiger partial charge in [-0.1, -0.05) is 42.3 Å². The Morgan fingerprint density at radius 3 is 2.38 bits per heavy atom. The molecule has 1 aromatic rings. The summed E-state index contributed by atoms with van der Waals surface area (Å²) in [5.41, 5.74) is 2.79. The van der Waals surface area contributed by atoms with Crippen molar-refractivity contribution in [3.63, 3.8) is 0 Å². The number of benzene rings is 1. The van der Waals surface area contributed by atoms with Crippen LogP contribution in [0.15, 0.2) is 18.2 Å². The van der Waals surface area contributed by atoms with E-state index in [4.69, 9.17) is 38.4 Å². The van der Waals surface area contributed by atoms with Crippen LogP contribution in [-0.2, 0) is 19.1 Å². The van der Waals surface area contributed by atoms with Gasteiger partial charge in [0.2, 0.25) is 0 Å². The Labute approximate surface area is 198 Å². The summed E-state index contributed by atoms with van der Waals surface area (Å²) in [6.07, 6.45) is 0.149. The number of hydrogen-bond donors (Lipinski definition) is 4. The summed E-state index contributed by atoms with van der Waals surface area (Å²) in [6, 6.07) is 3.64. The molecule has 0 spiro atoms. The fourth-order valence-electron chi connectivity index (χ4n) is 4.84. The zero-order valence-corrected chi connectivity index (χ0v) is 20.1. The lowest BCUT2D eigenvalue weighted by atomic mass is 9.51. The predicted octanol–water partition coefficient (Wildman–Crippen LogP) is 3.00. The first-order valence-corrected chi connectivity index (χ1v) is 11.4. The monoisotopic (exact) mass is 490 g/mol. The summed E-state index contributed by atoms with van der Waals surface area (Å²) < 4.78 is 11.1. The van der Waals surface area contributed by atoms with Crippen LogP contribution in [0.2, 0.25) is 10.0 Å². The van der Waals surface area contributed by atoms with E-state index in [0.717, 1.165) is 0 Å². The number of carboxylic acid groups (broad SMARTS) is 2. The quantitative estimate of drug-likeness (QED) is 0.348. The second kappa shape index (κ2) is 11.1. The second-order valence-corrected chi connectivity index (χ2v) is 9.07. The Morgan fingerprint density at radius 2 is 1.81 bits per heavy atom. The van der Waals surface area contributed by atoms with Crippen molar-refractivity contribution in [3.05, 3.63) is 33.8 Å². The van der Waals surface area contributed by atoms with Crippen LogP contribution in [0.5, 0.6) is 0 Å². The molecule has 1 aliphatic rings. The van der Waals surface area contributed by atoms with Gasteiger partial charge in [0.1, 0.15) is 0 Å². The van der Waals surface area contributed by atoms with Crippen LogP contribution < -0.4 is 11.1 Å². The third-order valence-corrected chi connectivity index (χ3v) is 7.58. The molecule has 0 aliphatic carbocycles. The van der Waals surface area contributed by atoms with Gasteiger partial charge in [-0.2, -0.15) is 0 Å². The fourth-order valence-corrected chi connectivity index (χ4v) is 5.25. The van der Waals surface area contributed by atoms with Gasteiger partial charge in [-0.15, -0.1) is 0 Å². The SMILES string of the molecule is CCC1(C(=O)O)C(COCCOCCN)NC(C)C(C)(C(=O)O)C1c1cccc(Cl)c1Cl. The zero-order chi connectivity index (χ0) is 24.1. The molecular weight excluding hydrogens is 459 g/mol. The van der Waals surface area contributed by atoms with Crippen LogP contribution in [0, 0.1) is 10.8 Å². The number of rotatable bonds is 11. The molecule has 0 bridgehead atoms. The third-order valence-electron chi connectivity index (χ3n) is 6.74. The van der Waals surface area contributed by atoms with E-state index in [0.29, 0.717) is 25.3 Å². The number of halogens is 2. The molecule has 1 heterocycles. The normalized spacial score (nSPS) is 30.2. The minimum absolute atomic E-state index is 0.0564. The van der Waals surface area contributed by atoms with Crippen molar-refractivity contribution in [1.29, 1.82) is 0 Å². The molecular formula is C22H32Cl2N2O6. The average molecular weight is 491 g/mol. The molecule has 0 amide bonds.